The third kappa shape index (κ3) is 6.41. The fourth-order valence-corrected chi connectivity index (χ4v) is 3.33. The number of ether oxygens (including phenoxy) is 2. The molecule has 26 heavy (non-hydrogen) atoms. The van der Waals surface area contributed by atoms with Crippen LogP contribution in [0.2, 0.25) is 0 Å². The van der Waals surface area contributed by atoms with Crippen molar-refractivity contribution in [2.24, 2.45) is 10.9 Å². The lowest BCUT2D eigenvalue weighted by Gasteiger charge is -2.29. The van der Waals surface area contributed by atoms with E-state index < -0.39 is 0 Å². The van der Waals surface area contributed by atoms with Crippen molar-refractivity contribution >= 4 is 5.96 Å². The van der Waals surface area contributed by atoms with Gasteiger partial charge in [0, 0.05) is 20.1 Å². The van der Waals surface area contributed by atoms with Crippen LogP contribution in [-0.2, 0) is 6.42 Å². The minimum Gasteiger partial charge on any atom is -0.493 e. The number of nitrogens with zero attached hydrogens (tertiary/aromatic N) is 2. The van der Waals surface area contributed by atoms with Crippen LogP contribution in [0.5, 0.6) is 11.5 Å². The normalized spacial score (nSPS) is 16.4. The van der Waals surface area contributed by atoms with Gasteiger partial charge in [0.2, 0.25) is 0 Å². The van der Waals surface area contributed by atoms with Crippen LogP contribution in [-0.4, -0.2) is 65.4 Å². The van der Waals surface area contributed by atoms with Crippen LogP contribution < -0.4 is 20.1 Å². The summed E-state index contributed by atoms with van der Waals surface area (Å²) in [6.07, 6.45) is 4.73. The largest absolute Gasteiger partial charge is 0.493 e. The summed E-state index contributed by atoms with van der Waals surface area (Å²) in [5.41, 5.74) is 1.21. The highest BCUT2D eigenvalue weighted by molar-refractivity contribution is 5.79. The second kappa shape index (κ2) is 10.9. The van der Waals surface area contributed by atoms with E-state index in [-0.39, 0.29) is 0 Å². The Morgan fingerprint density at radius 1 is 1.12 bits per heavy atom. The van der Waals surface area contributed by atoms with E-state index >= 15 is 0 Å². The van der Waals surface area contributed by atoms with Gasteiger partial charge in [0.25, 0.3) is 0 Å². The second-order valence-corrected chi connectivity index (χ2v) is 6.90. The molecule has 2 rings (SSSR count). The number of aliphatic imine (C=N–C) groups is 1. The highest BCUT2D eigenvalue weighted by Crippen LogP contribution is 2.27. The molecule has 0 atom stereocenters. The maximum atomic E-state index is 5.36. The predicted molar refractivity (Wildman–Crippen MR) is 107 cm³/mol. The van der Waals surface area contributed by atoms with Crippen LogP contribution in [0.15, 0.2) is 23.2 Å². The first-order valence-corrected chi connectivity index (χ1v) is 9.50. The van der Waals surface area contributed by atoms with Gasteiger partial charge in [0.1, 0.15) is 0 Å². The van der Waals surface area contributed by atoms with Crippen LogP contribution in [0.25, 0.3) is 0 Å². The molecule has 1 aromatic rings. The Morgan fingerprint density at radius 2 is 1.81 bits per heavy atom. The first-order chi connectivity index (χ1) is 12.7. The van der Waals surface area contributed by atoms with Crippen LogP contribution >= 0.6 is 0 Å². The van der Waals surface area contributed by atoms with E-state index in [1.165, 1.54) is 37.9 Å². The quantitative estimate of drug-likeness (QED) is 0.548. The van der Waals surface area contributed by atoms with Crippen molar-refractivity contribution in [3.8, 4) is 11.5 Å². The lowest BCUT2D eigenvalue weighted by atomic mass is 9.94. The molecule has 2 N–H and O–H groups in total. The number of hydrogen-bond acceptors (Lipinski definition) is 4. The van der Waals surface area contributed by atoms with Crippen molar-refractivity contribution < 1.29 is 9.47 Å². The average Bonchev–Trinajstić information content (AvgIpc) is 2.68. The Hall–Kier alpha value is -1.95. The predicted octanol–water partition coefficient (Wildman–Crippen LogP) is 2.14. The van der Waals surface area contributed by atoms with Gasteiger partial charge in [-0.15, -0.1) is 0 Å². The third-order valence-electron chi connectivity index (χ3n) is 5.06. The van der Waals surface area contributed by atoms with Crippen molar-refractivity contribution in [2.45, 2.75) is 25.7 Å². The average molecular weight is 363 g/mol. The van der Waals surface area contributed by atoms with Crippen molar-refractivity contribution in [1.82, 2.24) is 15.5 Å². The van der Waals surface area contributed by atoms with Crippen molar-refractivity contribution in [3.05, 3.63) is 23.8 Å². The molecule has 1 aromatic carbocycles. The standard InChI is InChI=1S/C20H34N4O2/c1-21-20(22-11-7-16-9-13-24(2)14-10-16)23-12-8-17-5-6-18(25-3)19(15-17)26-4/h5-6,15-16H,7-14H2,1-4H3,(H2,21,22,23). The number of guanidine groups is 1. The lowest BCUT2D eigenvalue weighted by molar-refractivity contribution is 0.213. The summed E-state index contributed by atoms with van der Waals surface area (Å²) in [6, 6.07) is 6.04. The van der Waals surface area contributed by atoms with Gasteiger partial charge in [-0.25, -0.2) is 0 Å². The SMILES string of the molecule is CN=C(NCCc1ccc(OC)c(OC)c1)NCCC1CCN(C)CC1. The Morgan fingerprint density at radius 3 is 2.46 bits per heavy atom. The lowest BCUT2D eigenvalue weighted by Crippen LogP contribution is -2.39. The molecule has 0 aliphatic carbocycles. The van der Waals surface area contributed by atoms with Gasteiger partial charge in [0.15, 0.2) is 17.5 Å². The topological polar surface area (TPSA) is 58.1 Å². The Balaban J connectivity index is 1.68. The van der Waals surface area contributed by atoms with E-state index in [1.807, 2.05) is 19.2 Å². The van der Waals surface area contributed by atoms with Gasteiger partial charge >= 0.3 is 0 Å². The third-order valence-corrected chi connectivity index (χ3v) is 5.06. The van der Waals surface area contributed by atoms with Gasteiger partial charge < -0.3 is 25.0 Å². The molecule has 0 spiro atoms. The van der Waals surface area contributed by atoms with Crippen molar-refractivity contribution in [1.29, 1.82) is 0 Å². The summed E-state index contributed by atoms with van der Waals surface area (Å²) in [5, 5.41) is 6.82. The minimum atomic E-state index is 0.760. The number of rotatable bonds is 8. The molecule has 0 unspecified atom stereocenters. The molecule has 1 aliphatic rings. The minimum absolute atomic E-state index is 0.760. The van der Waals surface area contributed by atoms with E-state index in [0.29, 0.717) is 0 Å². The molecule has 146 valence electrons. The number of likely N-dealkylation sites (tertiary alicyclic amines) is 1. The molecule has 1 fully saturated rings. The van der Waals surface area contributed by atoms with Crippen LogP contribution in [0.1, 0.15) is 24.8 Å². The number of piperidine rings is 1. The Labute approximate surface area is 158 Å². The molecular weight excluding hydrogens is 328 g/mol. The molecule has 6 nitrogen and oxygen atoms in total. The van der Waals surface area contributed by atoms with Gasteiger partial charge in [0.05, 0.1) is 14.2 Å². The first-order valence-electron chi connectivity index (χ1n) is 9.50. The first kappa shape index (κ1) is 20.4. The number of methoxy groups -OCH3 is 2. The Kier molecular flexibility index (Phi) is 8.54. The molecule has 0 amide bonds. The number of nitrogens with one attached hydrogen (secondary N) is 2. The van der Waals surface area contributed by atoms with E-state index in [9.17, 15) is 0 Å². The molecule has 1 saturated heterocycles. The zero-order chi connectivity index (χ0) is 18.8. The summed E-state index contributed by atoms with van der Waals surface area (Å²) >= 11 is 0. The maximum Gasteiger partial charge on any atom is 0.190 e. The molecule has 0 radical (unpaired) electrons. The monoisotopic (exact) mass is 362 g/mol. The molecule has 0 saturated carbocycles. The molecule has 1 aliphatic heterocycles. The zero-order valence-corrected chi connectivity index (χ0v) is 16.7. The number of benzene rings is 1. The molecule has 1 heterocycles. The van der Waals surface area contributed by atoms with E-state index in [0.717, 1.165) is 42.9 Å². The van der Waals surface area contributed by atoms with Gasteiger partial charge in [-0.1, -0.05) is 6.07 Å². The fourth-order valence-electron chi connectivity index (χ4n) is 3.33. The van der Waals surface area contributed by atoms with Gasteiger partial charge in [-0.3, -0.25) is 4.99 Å². The van der Waals surface area contributed by atoms with E-state index in [4.69, 9.17) is 9.47 Å². The Bertz CT molecular complexity index is 569. The highest BCUT2D eigenvalue weighted by Gasteiger charge is 2.16. The zero-order valence-electron chi connectivity index (χ0n) is 16.7. The smallest absolute Gasteiger partial charge is 0.190 e. The molecule has 0 bridgehead atoms. The van der Waals surface area contributed by atoms with Crippen molar-refractivity contribution in [3.63, 3.8) is 0 Å². The van der Waals surface area contributed by atoms with E-state index in [1.54, 1.807) is 14.2 Å². The summed E-state index contributed by atoms with van der Waals surface area (Å²) in [5.74, 6) is 3.24. The fraction of sp³-hybridized carbons (Fsp3) is 0.650. The van der Waals surface area contributed by atoms with E-state index in [2.05, 4.69) is 33.6 Å². The van der Waals surface area contributed by atoms with Gasteiger partial charge in [-0.2, -0.15) is 0 Å². The summed E-state index contributed by atoms with van der Waals surface area (Å²) in [6.45, 7) is 4.25. The summed E-state index contributed by atoms with van der Waals surface area (Å²) < 4.78 is 10.6. The summed E-state index contributed by atoms with van der Waals surface area (Å²) in [4.78, 5) is 6.73. The molecule has 0 aromatic heterocycles. The van der Waals surface area contributed by atoms with Gasteiger partial charge in [-0.05, 0) is 69.4 Å². The van der Waals surface area contributed by atoms with Crippen LogP contribution in [0.4, 0.5) is 0 Å². The molecule has 6 heteroatoms. The number of hydrogen-bond donors (Lipinski definition) is 2. The highest BCUT2D eigenvalue weighted by atomic mass is 16.5. The van der Waals surface area contributed by atoms with Crippen molar-refractivity contribution in [2.75, 3.05) is 54.5 Å². The van der Waals surface area contributed by atoms with Crippen LogP contribution in [0.3, 0.4) is 0 Å². The maximum absolute atomic E-state index is 5.36. The molecular formula is C20H34N4O2. The summed E-state index contributed by atoms with van der Waals surface area (Å²) in [7, 11) is 7.34. The van der Waals surface area contributed by atoms with Crippen LogP contribution in [0, 0.1) is 5.92 Å². The second-order valence-electron chi connectivity index (χ2n) is 6.90.